The average Bonchev–Trinajstić information content (AvgIpc) is 3.19. The van der Waals surface area contributed by atoms with E-state index in [1.165, 1.54) is 32.1 Å². The van der Waals surface area contributed by atoms with E-state index in [2.05, 4.69) is 22.0 Å². The molecule has 1 fully saturated rings. The standard InChI is InChI=1S/C16H16ClFN4O/c1-8(9-3-4-9)22-16-11(7-19-22)20-15(21-16)13-10(18)5-6-12(23-2)14(13)17/h5-9H,3-4H2,1-2H3,(H,20,21)/t8-/m0/s1. The first-order chi connectivity index (χ1) is 11.1. The van der Waals surface area contributed by atoms with E-state index in [0.29, 0.717) is 17.5 Å². The molecule has 1 aliphatic carbocycles. The van der Waals surface area contributed by atoms with Crippen LogP contribution in [0.4, 0.5) is 4.39 Å². The lowest BCUT2D eigenvalue weighted by Gasteiger charge is -2.10. The van der Waals surface area contributed by atoms with Crippen molar-refractivity contribution in [2.75, 3.05) is 7.11 Å². The zero-order chi connectivity index (χ0) is 16.1. The van der Waals surface area contributed by atoms with Crippen molar-refractivity contribution in [3.63, 3.8) is 0 Å². The van der Waals surface area contributed by atoms with Crippen molar-refractivity contribution in [1.29, 1.82) is 0 Å². The molecule has 4 rings (SSSR count). The molecule has 0 saturated heterocycles. The van der Waals surface area contributed by atoms with Gasteiger partial charge >= 0.3 is 0 Å². The van der Waals surface area contributed by atoms with Crippen LogP contribution in [0.25, 0.3) is 22.6 Å². The third kappa shape index (κ3) is 2.28. The molecule has 0 aliphatic heterocycles. The highest BCUT2D eigenvalue weighted by Crippen LogP contribution is 2.41. The number of hydrogen-bond donors (Lipinski definition) is 1. The van der Waals surface area contributed by atoms with Gasteiger partial charge < -0.3 is 9.72 Å². The fourth-order valence-electron chi connectivity index (χ4n) is 2.92. The maximum absolute atomic E-state index is 14.3. The molecule has 7 heteroatoms. The number of rotatable bonds is 4. The molecule has 1 aliphatic rings. The third-order valence-corrected chi connectivity index (χ3v) is 4.82. The molecule has 0 radical (unpaired) electrons. The summed E-state index contributed by atoms with van der Waals surface area (Å²) in [6.45, 7) is 2.14. The lowest BCUT2D eigenvalue weighted by atomic mass is 10.2. The topological polar surface area (TPSA) is 55.7 Å². The summed E-state index contributed by atoms with van der Waals surface area (Å²) in [6, 6.07) is 3.11. The van der Waals surface area contributed by atoms with Crippen LogP contribution >= 0.6 is 11.6 Å². The van der Waals surface area contributed by atoms with Gasteiger partial charge in [0.05, 0.1) is 29.9 Å². The fourth-order valence-corrected chi connectivity index (χ4v) is 3.24. The van der Waals surface area contributed by atoms with Crippen LogP contribution in [-0.4, -0.2) is 26.9 Å². The van der Waals surface area contributed by atoms with Gasteiger partial charge in [0.15, 0.2) is 5.65 Å². The van der Waals surface area contributed by atoms with Crippen molar-refractivity contribution < 1.29 is 9.13 Å². The van der Waals surface area contributed by atoms with Crippen LogP contribution in [0, 0.1) is 11.7 Å². The van der Waals surface area contributed by atoms with Crippen molar-refractivity contribution in [2.45, 2.75) is 25.8 Å². The molecule has 0 amide bonds. The summed E-state index contributed by atoms with van der Waals surface area (Å²) in [5.41, 5.74) is 1.70. The van der Waals surface area contributed by atoms with E-state index < -0.39 is 5.82 Å². The van der Waals surface area contributed by atoms with Gasteiger partial charge in [-0.05, 0) is 37.8 Å². The SMILES string of the molecule is COc1ccc(F)c(-c2nc3c(cnn3[C@@H](C)C3CC3)[nH]2)c1Cl. The first-order valence-corrected chi connectivity index (χ1v) is 7.93. The maximum atomic E-state index is 14.3. The van der Waals surface area contributed by atoms with Gasteiger partial charge in [-0.15, -0.1) is 0 Å². The lowest BCUT2D eigenvalue weighted by molar-refractivity contribution is 0.414. The van der Waals surface area contributed by atoms with Crippen molar-refractivity contribution >= 4 is 22.8 Å². The second kappa shape index (κ2) is 5.23. The van der Waals surface area contributed by atoms with Crippen molar-refractivity contribution in [1.82, 2.24) is 19.7 Å². The Morgan fingerprint density at radius 3 is 2.91 bits per heavy atom. The zero-order valence-corrected chi connectivity index (χ0v) is 13.6. The molecule has 1 N–H and O–H groups in total. The third-order valence-electron chi connectivity index (χ3n) is 4.44. The molecule has 1 atom stereocenters. The second-order valence-corrected chi connectivity index (χ2v) is 6.31. The number of aromatic nitrogens is 4. The number of imidazole rings is 1. The Hall–Kier alpha value is -2.08. The largest absolute Gasteiger partial charge is 0.495 e. The number of nitrogens with zero attached hydrogens (tertiary/aromatic N) is 3. The first kappa shape index (κ1) is 14.5. The van der Waals surface area contributed by atoms with Crippen molar-refractivity contribution in [3.8, 4) is 17.1 Å². The number of aromatic amines is 1. The molecule has 0 spiro atoms. The van der Waals surface area contributed by atoms with Crippen LogP contribution in [0.5, 0.6) is 5.75 Å². The molecule has 120 valence electrons. The Labute approximate surface area is 137 Å². The Morgan fingerprint density at radius 1 is 1.43 bits per heavy atom. The van der Waals surface area contributed by atoms with E-state index in [4.69, 9.17) is 16.3 Å². The van der Waals surface area contributed by atoms with Gasteiger partial charge in [-0.3, -0.25) is 0 Å². The minimum atomic E-state index is -0.443. The normalized spacial score (nSPS) is 16.0. The summed E-state index contributed by atoms with van der Waals surface area (Å²) in [5, 5.41) is 4.61. The molecule has 0 unspecified atom stereocenters. The molecular formula is C16H16ClFN4O. The minimum absolute atomic E-state index is 0.207. The van der Waals surface area contributed by atoms with Gasteiger partial charge in [0.1, 0.15) is 22.9 Å². The van der Waals surface area contributed by atoms with Crippen LogP contribution in [0.3, 0.4) is 0 Å². The number of benzene rings is 1. The van der Waals surface area contributed by atoms with E-state index in [9.17, 15) is 4.39 Å². The Bertz CT molecular complexity index is 884. The molecule has 2 heterocycles. The van der Waals surface area contributed by atoms with Gasteiger partial charge in [-0.25, -0.2) is 14.1 Å². The number of fused-ring (bicyclic) bond motifs is 1. The van der Waals surface area contributed by atoms with Crippen LogP contribution in [0.2, 0.25) is 5.02 Å². The van der Waals surface area contributed by atoms with Crippen LogP contribution < -0.4 is 4.74 Å². The van der Waals surface area contributed by atoms with E-state index in [1.54, 1.807) is 6.20 Å². The fraction of sp³-hybridized carbons (Fsp3) is 0.375. The van der Waals surface area contributed by atoms with Crippen molar-refractivity contribution in [2.24, 2.45) is 5.92 Å². The predicted octanol–water partition coefficient (Wildman–Crippen LogP) is 4.20. The van der Waals surface area contributed by atoms with Gasteiger partial charge in [0, 0.05) is 0 Å². The van der Waals surface area contributed by atoms with E-state index >= 15 is 0 Å². The van der Waals surface area contributed by atoms with E-state index in [-0.39, 0.29) is 16.6 Å². The average molecular weight is 335 g/mol. The molecule has 23 heavy (non-hydrogen) atoms. The molecular weight excluding hydrogens is 319 g/mol. The minimum Gasteiger partial charge on any atom is -0.495 e. The Balaban J connectivity index is 1.84. The summed E-state index contributed by atoms with van der Waals surface area (Å²) in [7, 11) is 1.50. The Kier molecular flexibility index (Phi) is 3.30. The van der Waals surface area contributed by atoms with E-state index in [1.807, 2.05) is 4.68 Å². The zero-order valence-electron chi connectivity index (χ0n) is 12.8. The van der Waals surface area contributed by atoms with Crippen LogP contribution in [0.1, 0.15) is 25.8 Å². The maximum Gasteiger partial charge on any atom is 0.177 e. The monoisotopic (exact) mass is 334 g/mol. The molecule has 1 aromatic carbocycles. The van der Waals surface area contributed by atoms with E-state index in [0.717, 1.165) is 11.2 Å². The van der Waals surface area contributed by atoms with Gasteiger partial charge in [0.25, 0.3) is 0 Å². The summed E-state index contributed by atoms with van der Waals surface area (Å²) >= 11 is 6.26. The van der Waals surface area contributed by atoms with Gasteiger partial charge in [-0.2, -0.15) is 5.10 Å². The predicted molar refractivity (Wildman–Crippen MR) is 86.3 cm³/mol. The highest BCUT2D eigenvalue weighted by Gasteiger charge is 2.31. The molecule has 1 saturated carbocycles. The number of methoxy groups -OCH3 is 1. The quantitative estimate of drug-likeness (QED) is 0.778. The van der Waals surface area contributed by atoms with Gasteiger partial charge in [0.2, 0.25) is 0 Å². The van der Waals surface area contributed by atoms with Crippen LogP contribution in [-0.2, 0) is 0 Å². The summed E-state index contributed by atoms with van der Waals surface area (Å²) in [4.78, 5) is 7.64. The molecule has 2 aromatic heterocycles. The van der Waals surface area contributed by atoms with Crippen molar-refractivity contribution in [3.05, 3.63) is 29.2 Å². The highest BCUT2D eigenvalue weighted by molar-refractivity contribution is 6.34. The van der Waals surface area contributed by atoms with Crippen LogP contribution in [0.15, 0.2) is 18.3 Å². The molecule has 0 bridgehead atoms. The number of hydrogen-bond acceptors (Lipinski definition) is 3. The second-order valence-electron chi connectivity index (χ2n) is 5.93. The smallest absolute Gasteiger partial charge is 0.177 e. The summed E-state index contributed by atoms with van der Waals surface area (Å²) in [5.74, 6) is 1.00. The number of halogens is 2. The molecule has 3 aromatic rings. The van der Waals surface area contributed by atoms with Gasteiger partial charge in [-0.1, -0.05) is 11.6 Å². The Morgan fingerprint density at radius 2 is 2.22 bits per heavy atom. The highest BCUT2D eigenvalue weighted by atomic mass is 35.5. The first-order valence-electron chi connectivity index (χ1n) is 7.55. The number of nitrogens with one attached hydrogen (secondary N) is 1. The number of ether oxygens (including phenoxy) is 1. The summed E-state index contributed by atoms with van der Waals surface area (Å²) < 4.78 is 21.3. The lowest BCUT2D eigenvalue weighted by Crippen LogP contribution is -2.08. The summed E-state index contributed by atoms with van der Waals surface area (Å²) in [6.07, 6.45) is 4.16. The molecule has 5 nitrogen and oxygen atoms in total. The number of H-pyrrole nitrogens is 1.